The Morgan fingerprint density at radius 1 is 1.29 bits per heavy atom. The average molecular weight is 386 g/mol. The Kier molecular flexibility index (Phi) is 6.05. The maximum Gasteiger partial charge on any atom is 0.336 e. The monoisotopic (exact) mass is 386 g/mol. The van der Waals surface area contributed by atoms with Gasteiger partial charge in [-0.3, -0.25) is 4.79 Å². The van der Waals surface area contributed by atoms with E-state index in [2.05, 4.69) is 15.5 Å². The molecule has 28 heavy (non-hydrogen) atoms. The summed E-state index contributed by atoms with van der Waals surface area (Å²) in [5.41, 5.74) is 0.854. The van der Waals surface area contributed by atoms with Crippen molar-refractivity contribution in [2.45, 2.75) is 20.0 Å². The minimum absolute atomic E-state index is 0.0129. The van der Waals surface area contributed by atoms with Gasteiger partial charge in [0, 0.05) is 24.1 Å². The Bertz CT molecular complexity index is 1020. The van der Waals surface area contributed by atoms with Crippen LogP contribution in [0.4, 0.5) is 0 Å². The van der Waals surface area contributed by atoms with Gasteiger partial charge >= 0.3 is 17.4 Å². The summed E-state index contributed by atoms with van der Waals surface area (Å²) < 4.78 is 15.8. The van der Waals surface area contributed by atoms with Crippen LogP contribution in [0.5, 0.6) is 5.75 Å². The zero-order valence-corrected chi connectivity index (χ0v) is 16.0. The van der Waals surface area contributed by atoms with Crippen molar-refractivity contribution < 1.29 is 18.5 Å². The molecular weight excluding hydrogens is 364 g/mol. The van der Waals surface area contributed by atoms with Gasteiger partial charge in [0.25, 0.3) is 0 Å². The second-order valence-corrected chi connectivity index (χ2v) is 6.62. The van der Waals surface area contributed by atoms with E-state index >= 15 is 0 Å². The molecule has 3 aromatic rings. The van der Waals surface area contributed by atoms with Crippen LogP contribution in [-0.4, -0.2) is 48.1 Å². The minimum Gasteiger partial charge on any atom is -0.485 e. The van der Waals surface area contributed by atoms with E-state index in [-0.39, 0.29) is 18.3 Å². The minimum atomic E-state index is -0.416. The first-order valence-electron chi connectivity index (χ1n) is 8.85. The molecule has 1 amide bonds. The number of nitrogens with one attached hydrogen (secondary N) is 1. The maximum atomic E-state index is 12.0. The summed E-state index contributed by atoms with van der Waals surface area (Å²) in [6.45, 7) is 3.24. The SMILES string of the molecule is Cc1cc(=O)oc2cc(OCc3noc(C(=O)NCCCN(C)C)n3)ccc12. The third-order valence-corrected chi connectivity index (χ3v) is 4.02. The number of ether oxygens (including phenoxy) is 1. The van der Waals surface area contributed by atoms with Crippen molar-refractivity contribution in [3.63, 3.8) is 0 Å². The summed E-state index contributed by atoms with van der Waals surface area (Å²) in [6.07, 6.45) is 0.820. The molecule has 3 rings (SSSR count). The van der Waals surface area contributed by atoms with Crippen molar-refractivity contribution in [1.82, 2.24) is 20.4 Å². The third-order valence-electron chi connectivity index (χ3n) is 4.02. The summed E-state index contributed by atoms with van der Waals surface area (Å²) in [7, 11) is 3.94. The molecule has 1 N–H and O–H groups in total. The summed E-state index contributed by atoms with van der Waals surface area (Å²) in [4.78, 5) is 29.6. The van der Waals surface area contributed by atoms with Crippen LogP contribution < -0.4 is 15.7 Å². The van der Waals surface area contributed by atoms with Crippen molar-refractivity contribution >= 4 is 16.9 Å². The number of carbonyl (C=O) groups excluding carboxylic acids is 1. The highest BCUT2D eigenvalue weighted by molar-refractivity contribution is 5.89. The van der Waals surface area contributed by atoms with Crippen LogP contribution in [0, 0.1) is 6.92 Å². The van der Waals surface area contributed by atoms with Crippen LogP contribution in [0.3, 0.4) is 0 Å². The second kappa shape index (κ2) is 8.66. The van der Waals surface area contributed by atoms with Crippen molar-refractivity contribution in [2.24, 2.45) is 0 Å². The van der Waals surface area contributed by atoms with E-state index in [1.54, 1.807) is 12.1 Å². The predicted molar refractivity (Wildman–Crippen MR) is 101 cm³/mol. The molecule has 2 aromatic heterocycles. The van der Waals surface area contributed by atoms with Crippen molar-refractivity contribution in [2.75, 3.05) is 27.2 Å². The highest BCUT2D eigenvalue weighted by Crippen LogP contribution is 2.22. The number of hydrogen-bond donors (Lipinski definition) is 1. The number of hydrogen-bond acceptors (Lipinski definition) is 8. The highest BCUT2D eigenvalue weighted by atomic mass is 16.5. The fourth-order valence-electron chi connectivity index (χ4n) is 2.62. The number of aryl methyl sites for hydroxylation is 1. The predicted octanol–water partition coefficient (Wildman–Crippen LogP) is 1.74. The molecular formula is C19H22N4O5. The van der Waals surface area contributed by atoms with E-state index in [1.807, 2.05) is 32.0 Å². The number of rotatable bonds is 8. The number of amides is 1. The molecule has 0 radical (unpaired) electrons. The quantitative estimate of drug-likeness (QED) is 0.460. The Balaban J connectivity index is 1.57. The van der Waals surface area contributed by atoms with Gasteiger partial charge in [-0.25, -0.2) is 4.79 Å². The average Bonchev–Trinajstić information content (AvgIpc) is 3.12. The topological polar surface area (TPSA) is 111 Å². The number of carbonyl (C=O) groups is 1. The Morgan fingerprint density at radius 3 is 2.89 bits per heavy atom. The third kappa shape index (κ3) is 4.95. The Labute approximate surface area is 161 Å². The molecule has 0 aliphatic heterocycles. The molecule has 0 aliphatic rings. The van der Waals surface area contributed by atoms with Gasteiger partial charge in [-0.15, -0.1) is 0 Å². The number of benzene rings is 1. The fourth-order valence-corrected chi connectivity index (χ4v) is 2.62. The fraction of sp³-hybridized carbons (Fsp3) is 0.368. The zero-order chi connectivity index (χ0) is 20.1. The van der Waals surface area contributed by atoms with Crippen molar-refractivity contribution in [1.29, 1.82) is 0 Å². The highest BCUT2D eigenvalue weighted by Gasteiger charge is 2.15. The molecule has 1 aromatic carbocycles. The van der Waals surface area contributed by atoms with Crippen molar-refractivity contribution in [3.8, 4) is 5.75 Å². The van der Waals surface area contributed by atoms with Gasteiger partial charge in [0.15, 0.2) is 6.61 Å². The van der Waals surface area contributed by atoms with Gasteiger partial charge in [-0.2, -0.15) is 4.98 Å². The van der Waals surface area contributed by atoms with Crippen LogP contribution >= 0.6 is 0 Å². The van der Waals surface area contributed by atoms with Crippen LogP contribution in [0.25, 0.3) is 11.0 Å². The number of aromatic nitrogens is 2. The Morgan fingerprint density at radius 2 is 2.11 bits per heavy atom. The summed E-state index contributed by atoms with van der Waals surface area (Å²) in [5.74, 6) is 0.203. The number of nitrogens with zero attached hydrogens (tertiary/aromatic N) is 3. The molecule has 2 heterocycles. The molecule has 148 valence electrons. The van der Waals surface area contributed by atoms with Gasteiger partial charge in [0.1, 0.15) is 11.3 Å². The van der Waals surface area contributed by atoms with Crippen LogP contribution in [-0.2, 0) is 6.61 Å². The van der Waals surface area contributed by atoms with Crippen LogP contribution in [0.1, 0.15) is 28.5 Å². The number of fused-ring (bicyclic) bond motifs is 1. The first kappa shape index (κ1) is 19.6. The van der Waals surface area contributed by atoms with E-state index in [4.69, 9.17) is 13.7 Å². The molecule has 0 fully saturated rings. The summed E-state index contributed by atoms with van der Waals surface area (Å²) in [5, 5.41) is 7.31. The smallest absolute Gasteiger partial charge is 0.336 e. The van der Waals surface area contributed by atoms with E-state index in [9.17, 15) is 9.59 Å². The first-order valence-corrected chi connectivity index (χ1v) is 8.85. The summed E-state index contributed by atoms with van der Waals surface area (Å²) >= 11 is 0. The normalized spacial score (nSPS) is 11.1. The Hall–Kier alpha value is -3.20. The zero-order valence-electron chi connectivity index (χ0n) is 16.0. The molecule has 9 heteroatoms. The lowest BCUT2D eigenvalue weighted by Gasteiger charge is -2.08. The summed E-state index contributed by atoms with van der Waals surface area (Å²) in [6, 6.07) is 6.64. The first-order chi connectivity index (χ1) is 13.4. The van der Waals surface area contributed by atoms with Gasteiger partial charge in [-0.05, 0) is 51.7 Å². The van der Waals surface area contributed by atoms with E-state index < -0.39 is 11.5 Å². The molecule has 0 saturated carbocycles. The molecule has 0 aliphatic carbocycles. The van der Waals surface area contributed by atoms with Gasteiger partial charge < -0.3 is 23.9 Å². The second-order valence-electron chi connectivity index (χ2n) is 6.62. The standard InChI is InChI=1S/C19H22N4O5/c1-12-9-17(24)27-15-10-13(5-6-14(12)15)26-11-16-21-19(28-22-16)18(25)20-7-4-8-23(2)3/h5-6,9-10H,4,7-8,11H2,1-3H3,(H,20,25). The lowest BCUT2D eigenvalue weighted by Crippen LogP contribution is -2.27. The van der Waals surface area contributed by atoms with Crippen LogP contribution in [0.2, 0.25) is 0 Å². The van der Waals surface area contributed by atoms with Gasteiger partial charge in [-0.1, -0.05) is 5.16 Å². The van der Waals surface area contributed by atoms with Crippen molar-refractivity contribution in [3.05, 3.63) is 52.0 Å². The maximum absolute atomic E-state index is 12.0. The van der Waals surface area contributed by atoms with E-state index in [0.29, 0.717) is 17.9 Å². The van der Waals surface area contributed by atoms with E-state index in [0.717, 1.165) is 23.9 Å². The lowest BCUT2D eigenvalue weighted by atomic mass is 10.1. The van der Waals surface area contributed by atoms with E-state index in [1.165, 1.54) is 6.07 Å². The van der Waals surface area contributed by atoms with Gasteiger partial charge in [0.05, 0.1) is 0 Å². The molecule has 0 bridgehead atoms. The van der Waals surface area contributed by atoms with Crippen LogP contribution in [0.15, 0.2) is 38.0 Å². The largest absolute Gasteiger partial charge is 0.485 e. The van der Waals surface area contributed by atoms with Gasteiger partial charge in [0.2, 0.25) is 5.82 Å². The lowest BCUT2D eigenvalue weighted by molar-refractivity contribution is 0.0908. The molecule has 0 atom stereocenters. The molecule has 0 unspecified atom stereocenters. The molecule has 0 saturated heterocycles. The molecule has 0 spiro atoms. The molecule has 9 nitrogen and oxygen atoms in total.